The van der Waals surface area contributed by atoms with Crippen LogP contribution in [0.25, 0.3) is 0 Å². The quantitative estimate of drug-likeness (QED) is 0.791. The molecule has 1 atom stereocenters. The van der Waals surface area contributed by atoms with E-state index in [4.69, 9.17) is 11.6 Å². The number of hydrogen-bond donors (Lipinski definition) is 1. The fourth-order valence-corrected chi connectivity index (χ4v) is 4.14. The van der Waals surface area contributed by atoms with E-state index in [0.717, 1.165) is 32.4 Å². The molecule has 1 aromatic carbocycles. The van der Waals surface area contributed by atoms with Crippen molar-refractivity contribution in [3.05, 3.63) is 47.4 Å². The van der Waals surface area contributed by atoms with Gasteiger partial charge >= 0.3 is 0 Å². The van der Waals surface area contributed by atoms with Crippen molar-refractivity contribution in [2.45, 2.75) is 42.5 Å². The van der Waals surface area contributed by atoms with E-state index in [-0.39, 0.29) is 11.3 Å². The van der Waals surface area contributed by atoms with Crippen molar-refractivity contribution < 1.29 is 4.79 Å². The Morgan fingerprint density at radius 3 is 2.71 bits per heavy atom. The Balaban J connectivity index is 1.63. The highest BCUT2D eigenvalue weighted by molar-refractivity contribution is 8.03. The molecule has 1 fully saturated rings. The van der Waals surface area contributed by atoms with Crippen LogP contribution in [-0.2, 0) is 4.79 Å². The first kappa shape index (κ1) is 17.4. The Hall–Kier alpha value is -1.39. The molecule has 1 aliphatic carbocycles. The molecule has 24 heavy (non-hydrogen) atoms. The Bertz CT molecular complexity index is 651. The molecular weight excluding hydrogens is 340 g/mol. The minimum Gasteiger partial charge on any atom is -0.381 e. The zero-order valence-corrected chi connectivity index (χ0v) is 15.4. The van der Waals surface area contributed by atoms with Crippen LogP contribution in [0, 0.1) is 0 Å². The molecule has 128 valence electrons. The second-order valence-electron chi connectivity index (χ2n) is 6.24. The van der Waals surface area contributed by atoms with E-state index in [9.17, 15) is 4.79 Å². The number of likely N-dealkylation sites (tertiary alicyclic amines) is 1. The highest BCUT2D eigenvalue weighted by Crippen LogP contribution is 2.36. The Labute approximate surface area is 153 Å². The van der Waals surface area contributed by atoms with Crippen LogP contribution in [0.4, 0.5) is 5.69 Å². The number of anilines is 1. The molecule has 0 radical (unpaired) electrons. The number of alkyl halides is 1. The fourth-order valence-electron chi connectivity index (χ4n) is 3.01. The normalized spacial score (nSPS) is 21.5. The summed E-state index contributed by atoms with van der Waals surface area (Å²) in [4.78, 5) is 15.8. The van der Waals surface area contributed by atoms with Crippen molar-refractivity contribution in [1.29, 1.82) is 0 Å². The molecule has 0 saturated carbocycles. The van der Waals surface area contributed by atoms with E-state index in [1.165, 1.54) is 15.5 Å². The molecule has 1 amide bonds. The number of halogens is 1. The molecule has 0 spiro atoms. The van der Waals surface area contributed by atoms with Crippen LogP contribution < -0.4 is 5.32 Å². The van der Waals surface area contributed by atoms with Crippen LogP contribution >= 0.6 is 23.4 Å². The molecule has 0 bridgehead atoms. The number of thioether (sulfide) groups is 1. The molecular formula is C19H23ClN2OS. The Kier molecular flexibility index (Phi) is 5.90. The van der Waals surface area contributed by atoms with Crippen LogP contribution in [0.3, 0.4) is 0 Å². The summed E-state index contributed by atoms with van der Waals surface area (Å²) in [6, 6.07) is 8.85. The van der Waals surface area contributed by atoms with Crippen molar-refractivity contribution in [2.24, 2.45) is 0 Å². The SMILES string of the molecule is CC(=O)N1CCC(Nc2ccccc2SC2=CCC(Cl)C=C2)CC1. The van der Waals surface area contributed by atoms with Gasteiger partial charge in [0.05, 0.1) is 5.38 Å². The molecule has 3 rings (SSSR count). The maximum atomic E-state index is 11.4. The third kappa shape index (κ3) is 4.58. The van der Waals surface area contributed by atoms with Gasteiger partial charge in [0, 0.05) is 41.5 Å². The summed E-state index contributed by atoms with van der Waals surface area (Å²) in [5, 5.41) is 3.79. The lowest BCUT2D eigenvalue weighted by molar-refractivity contribution is -0.129. The summed E-state index contributed by atoms with van der Waals surface area (Å²) in [6.45, 7) is 3.33. The second-order valence-corrected chi connectivity index (χ2v) is 7.92. The number of carbonyl (C=O) groups is 1. The summed E-state index contributed by atoms with van der Waals surface area (Å²) in [6.07, 6.45) is 9.24. The van der Waals surface area contributed by atoms with Crippen molar-refractivity contribution in [3.8, 4) is 0 Å². The van der Waals surface area contributed by atoms with E-state index >= 15 is 0 Å². The van der Waals surface area contributed by atoms with Gasteiger partial charge in [0.15, 0.2) is 0 Å². The number of carbonyl (C=O) groups excluding carboxylic acids is 1. The molecule has 1 N–H and O–H groups in total. The van der Waals surface area contributed by atoms with E-state index in [0.29, 0.717) is 6.04 Å². The molecule has 5 heteroatoms. The monoisotopic (exact) mass is 362 g/mol. The van der Waals surface area contributed by atoms with Crippen LogP contribution in [0.5, 0.6) is 0 Å². The van der Waals surface area contributed by atoms with Gasteiger partial charge in [-0.2, -0.15) is 0 Å². The number of benzene rings is 1. The maximum absolute atomic E-state index is 11.4. The standard InChI is InChI=1S/C19H23ClN2OS/c1-14(23)22-12-10-16(11-13-22)21-18-4-2-3-5-19(18)24-17-8-6-15(20)7-9-17/h2-6,8-9,15-16,21H,7,10-13H2,1H3. The van der Waals surface area contributed by atoms with Crippen molar-refractivity contribution in [3.63, 3.8) is 0 Å². The molecule has 3 nitrogen and oxygen atoms in total. The van der Waals surface area contributed by atoms with Crippen LogP contribution in [0.2, 0.25) is 0 Å². The van der Waals surface area contributed by atoms with Gasteiger partial charge in [-0.3, -0.25) is 4.79 Å². The average molecular weight is 363 g/mol. The van der Waals surface area contributed by atoms with Gasteiger partial charge in [-0.05, 0) is 31.4 Å². The van der Waals surface area contributed by atoms with Crippen molar-refractivity contribution >= 4 is 35.0 Å². The topological polar surface area (TPSA) is 32.3 Å². The van der Waals surface area contributed by atoms with Gasteiger partial charge in [0.25, 0.3) is 0 Å². The lowest BCUT2D eigenvalue weighted by Crippen LogP contribution is -2.41. The molecule has 0 aromatic heterocycles. The van der Waals surface area contributed by atoms with Crippen molar-refractivity contribution in [2.75, 3.05) is 18.4 Å². The first-order valence-corrected chi connectivity index (χ1v) is 9.68. The van der Waals surface area contributed by atoms with Crippen LogP contribution in [0.1, 0.15) is 26.2 Å². The highest BCUT2D eigenvalue weighted by Gasteiger charge is 2.21. The number of nitrogens with one attached hydrogen (secondary N) is 1. The lowest BCUT2D eigenvalue weighted by atomic mass is 10.0. The molecule has 1 heterocycles. The largest absolute Gasteiger partial charge is 0.381 e. The van der Waals surface area contributed by atoms with E-state index in [2.05, 4.69) is 47.8 Å². The second kappa shape index (κ2) is 8.13. The number of amides is 1. The van der Waals surface area contributed by atoms with E-state index in [1.54, 1.807) is 18.7 Å². The predicted octanol–water partition coefficient (Wildman–Crippen LogP) is 4.65. The Morgan fingerprint density at radius 1 is 1.29 bits per heavy atom. The Morgan fingerprint density at radius 2 is 2.04 bits per heavy atom. The summed E-state index contributed by atoms with van der Waals surface area (Å²) >= 11 is 7.87. The predicted molar refractivity (Wildman–Crippen MR) is 103 cm³/mol. The smallest absolute Gasteiger partial charge is 0.219 e. The fraction of sp³-hybridized carbons (Fsp3) is 0.421. The van der Waals surface area contributed by atoms with Crippen molar-refractivity contribution in [1.82, 2.24) is 4.90 Å². The number of nitrogens with zero attached hydrogens (tertiary/aromatic N) is 1. The molecule has 1 aliphatic heterocycles. The number of hydrogen-bond acceptors (Lipinski definition) is 3. The lowest BCUT2D eigenvalue weighted by Gasteiger charge is -2.32. The minimum absolute atomic E-state index is 0.120. The molecule has 2 aliphatic rings. The summed E-state index contributed by atoms with van der Waals surface area (Å²) in [5.41, 5.74) is 1.17. The number of piperidine rings is 1. The maximum Gasteiger partial charge on any atom is 0.219 e. The molecule has 1 saturated heterocycles. The van der Waals surface area contributed by atoms with Crippen LogP contribution in [0.15, 0.2) is 52.3 Å². The first-order chi connectivity index (χ1) is 11.6. The van der Waals surface area contributed by atoms with Gasteiger partial charge in [0.1, 0.15) is 0 Å². The molecule has 1 unspecified atom stereocenters. The molecule has 1 aromatic rings. The average Bonchev–Trinajstić information content (AvgIpc) is 2.59. The van der Waals surface area contributed by atoms with E-state index < -0.39 is 0 Å². The minimum atomic E-state index is 0.120. The summed E-state index contributed by atoms with van der Waals surface area (Å²) in [5.74, 6) is 0.179. The first-order valence-electron chi connectivity index (χ1n) is 8.43. The van der Waals surface area contributed by atoms with Gasteiger partial charge in [-0.1, -0.05) is 42.1 Å². The number of rotatable bonds is 4. The number of allylic oxidation sites excluding steroid dienone is 3. The van der Waals surface area contributed by atoms with E-state index in [1.807, 2.05) is 4.90 Å². The van der Waals surface area contributed by atoms with Gasteiger partial charge in [-0.15, -0.1) is 11.6 Å². The number of para-hydroxylation sites is 1. The van der Waals surface area contributed by atoms with Crippen LogP contribution in [-0.4, -0.2) is 35.3 Å². The summed E-state index contributed by atoms with van der Waals surface area (Å²) in [7, 11) is 0. The zero-order valence-electron chi connectivity index (χ0n) is 13.9. The van der Waals surface area contributed by atoms with Gasteiger partial charge in [0.2, 0.25) is 5.91 Å². The van der Waals surface area contributed by atoms with Gasteiger partial charge in [-0.25, -0.2) is 0 Å². The third-order valence-corrected chi connectivity index (χ3v) is 5.87. The third-order valence-electron chi connectivity index (χ3n) is 4.43. The summed E-state index contributed by atoms with van der Waals surface area (Å²) < 4.78 is 0. The zero-order chi connectivity index (χ0) is 16.9. The highest BCUT2D eigenvalue weighted by atomic mass is 35.5. The van der Waals surface area contributed by atoms with Gasteiger partial charge < -0.3 is 10.2 Å².